The molecule has 0 radical (unpaired) electrons. The second-order valence-corrected chi connectivity index (χ2v) is 7.06. The van der Waals surface area contributed by atoms with Crippen molar-refractivity contribution in [1.82, 2.24) is 19.8 Å². The third-order valence-electron chi connectivity index (χ3n) is 4.21. The monoisotopic (exact) mass is 394 g/mol. The molecule has 4 aromatic rings. The minimum atomic E-state index is -0.470. The SMILES string of the molecule is Cc1cc(C(=O)Nc2ccccc2-c2nn3c(C)nnc3s2)ccc1[N+](=O)[O-]. The Morgan fingerprint density at radius 1 is 1.18 bits per heavy atom. The number of nitro benzene ring substituents is 1. The van der Waals surface area contributed by atoms with Gasteiger partial charge in [0.15, 0.2) is 5.82 Å². The lowest BCUT2D eigenvalue weighted by atomic mass is 10.1. The molecule has 0 saturated carbocycles. The third kappa shape index (κ3) is 3.09. The highest BCUT2D eigenvalue weighted by atomic mass is 32.1. The lowest BCUT2D eigenvalue weighted by Gasteiger charge is -2.09. The first-order chi connectivity index (χ1) is 13.4. The molecule has 0 aliphatic rings. The third-order valence-corrected chi connectivity index (χ3v) is 5.14. The summed E-state index contributed by atoms with van der Waals surface area (Å²) >= 11 is 1.37. The fourth-order valence-corrected chi connectivity index (χ4v) is 3.72. The largest absolute Gasteiger partial charge is 0.321 e. The first kappa shape index (κ1) is 17.7. The van der Waals surface area contributed by atoms with Gasteiger partial charge in [-0.2, -0.15) is 9.61 Å². The molecule has 0 spiro atoms. The molecular formula is C18H14N6O3S. The molecule has 1 N–H and O–H groups in total. The second-order valence-electron chi connectivity index (χ2n) is 6.11. The fraction of sp³-hybridized carbons (Fsp3) is 0.111. The van der Waals surface area contributed by atoms with Gasteiger partial charge in [-0.1, -0.05) is 23.5 Å². The molecule has 2 aromatic heterocycles. The summed E-state index contributed by atoms with van der Waals surface area (Å²) in [4.78, 5) is 23.8. The predicted octanol–water partition coefficient (Wildman–Crippen LogP) is 3.63. The minimum Gasteiger partial charge on any atom is -0.321 e. The number of fused-ring (bicyclic) bond motifs is 1. The van der Waals surface area contributed by atoms with E-state index in [2.05, 4.69) is 20.6 Å². The number of nitro groups is 1. The number of hydrogen-bond acceptors (Lipinski definition) is 7. The molecule has 0 atom stereocenters. The molecule has 9 nitrogen and oxygen atoms in total. The summed E-state index contributed by atoms with van der Waals surface area (Å²) in [6, 6.07) is 11.6. The van der Waals surface area contributed by atoms with Crippen LogP contribution in [0, 0.1) is 24.0 Å². The van der Waals surface area contributed by atoms with E-state index in [-0.39, 0.29) is 11.6 Å². The summed E-state index contributed by atoms with van der Waals surface area (Å²) in [5.74, 6) is 0.324. The highest BCUT2D eigenvalue weighted by Crippen LogP contribution is 2.32. The van der Waals surface area contributed by atoms with Crippen molar-refractivity contribution in [2.24, 2.45) is 0 Å². The number of rotatable bonds is 4. The van der Waals surface area contributed by atoms with Gasteiger partial charge in [0, 0.05) is 22.8 Å². The highest BCUT2D eigenvalue weighted by molar-refractivity contribution is 7.19. The van der Waals surface area contributed by atoms with Gasteiger partial charge in [-0.25, -0.2) is 0 Å². The minimum absolute atomic E-state index is 0.0212. The van der Waals surface area contributed by atoms with E-state index in [1.165, 1.54) is 29.5 Å². The number of anilines is 1. The van der Waals surface area contributed by atoms with E-state index < -0.39 is 4.92 Å². The number of nitrogens with zero attached hydrogens (tertiary/aromatic N) is 5. The van der Waals surface area contributed by atoms with Crippen LogP contribution in [0.3, 0.4) is 0 Å². The van der Waals surface area contributed by atoms with E-state index in [1.807, 2.05) is 25.1 Å². The Bertz CT molecular complexity index is 1230. The maximum absolute atomic E-state index is 12.7. The summed E-state index contributed by atoms with van der Waals surface area (Å²) in [5, 5.41) is 27.1. The Morgan fingerprint density at radius 3 is 2.68 bits per heavy atom. The molecule has 140 valence electrons. The normalized spacial score (nSPS) is 10.9. The lowest BCUT2D eigenvalue weighted by Crippen LogP contribution is -2.13. The summed E-state index contributed by atoms with van der Waals surface area (Å²) in [6.45, 7) is 3.42. The number of carbonyl (C=O) groups excluding carboxylic acids is 1. The van der Waals surface area contributed by atoms with E-state index in [4.69, 9.17) is 0 Å². The predicted molar refractivity (Wildman–Crippen MR) is 105 cm³/mol. The van der Waals surface area contributed by atoms with Gasteiger partial charge in [-0.15, -0.1) is 10.2 Å². The smallest absolute Gasteiger partial charge is 0.272 e. The lowest BCUT2D eigenvalue weighted by molar-refractivity contribution is -0.385. The van der Waals surface area contributed by atoms with Crippen molar-refractivity contribution in [2.45, 2.75) is 13.8 Å². The first-order valence-electron chi connectivity index (χ1n) is 8.28. The molecule has 2 heterocycles. The molecule has 10 heteroatoms. The topological polar surface area (TPSA) is 115 Å². The van der Waals surface area contributed by atoms with Crippen molar-refractivity contribution in [3.8, 4) is 10.6 Å². The molecule has 2 aromatic carbocycles. The van der Waals surface area contributed by atoms with Crippen molar-refractivity contribution < 1.29 is 9.72 Å². The van der Waals surface area contributed by atoms with Gasteiger partial charge in [0.05, 0.1) is 10.6 Å². The molecule has 0 unspecified atom stereocenters. The second kappa shape index (κ2) is 6.82. The van der Waals surface area contributed by atoms with Crippen LogP contribution in [-0.4, -0.2) is 30.6 Å². The summed E-state index contributed by atoms with van der Waals surface area (Å²) in [7, 11) is 0. The van der Waals surface area contributed by atoms with Gasteiger partial charge in [-0.3, -0.25) is 14.9 Å². The van der Waals surface area contributed by atoms with Crippen LogP contribution in [-0.2, 0) is 0 Å². The number of carbonyl (C=O) groups is 1. The average molecular weight is 394 g/mol. The quantitative estimate of drug-likeness (QED) is 0.417. The van der Waals surface area contributed by atoms with Gasteiger partial charge in [0.1, 0.15) is 5.01 Å². The maximum Gasteiger partial charge on any atom is 0.272 e. The molecule has 0 saturated heterocycles. The zero-order valence-electron chi connectivity index (χ0n) is 14.9. The zero-order chi connectivity index (χ0) is 19.8. The zero-order valence-corrected chi connectivity index (χ0v) is 15.7. The van der Waals surface area contributed by atoms with Gasteiger partial charge in [0.25, 0.3) is 11.6 Å². The maximum atomic E-state index is 12.7. The number of hydrogen-bond donors (Lipinski definition) is 1. The van der Waals surface area contributed by atoms with Crippen molar-refractivity contribution in [3.63, 3.8) is 0 Å². The van der Waals surface area contributed by atoms with Crippen LogP contribution in [0.5, 0.6) is 0 Å². The van der Waals surface area contributed by atoms with Gasteiger partial charge < -0.3 is 5.32 Å². The van der Waals surface area contributed by atoms with Crippen LogP contribution in [0.1, 0.15) is 21.7 Å². The van der Waals surface area contributed by atoms with Gasteiger partial charge >= 0.3 is 0 Å². The van der Waals surface area contributed by atoms with Crippen molar-refractivity contribution in [1.29, 1.82) is 0 Å². The summed E-state index contributed by atoms with van der Waals surface area (Å²) in [6.07, 6.45) is 0. The van der Waals surface area contributed by atoms with E-state index in [0.717, 1.165) is 5.56 Å². The van der Waals surface area contributed by atoms with Crippen LogP contribution in [0.4, 0.5) is 11.4 Å². The average Bonchev–Trinajstić information content (AvgIpc) is 3.24. The molecule has 0 aliphatic heterocycles. The van der Waals surface area contributed by atoms with Crippen molar-refractivity contribution in [2.75, 3.05) is 5.32 Å². The van der Waals surface area contributed by atoms with Crippen LogP contribution in [0.2, 0.25) is 0 Å². The number of aryl methyl sites for hydroxylation is 2. The van der Waals surface area contributed by atoms with Crippen LogP contribution in [0.15, 0.2) is 42.5 Å². The standard InChI is InChI=1S/C18H14N6O3S/c1-10-9-12(7-8-15(10)24(26)27)16(25)19-14-6-4-3-5-13(14)17-22-23-11(2)20-21-18(23)28-17/h3-9H,1-2H3,(H,19,25). The van der Waals surface area contributed by atoms with Crippen LogP contribution in [0.25, 0.3) is 15.5 Å². The molecular weight excluding hydrogens is 380 g/mol. The van der Waals surface area contributed by atoms with E-state index in [1.54, 1.807) is 17.5 Å². The summed E-state index contributed by atoms with van der Waals surface area (Å²) < 4.78 is 1.65. The number of nitrogens with one attached hydrogen (secondary N) is 1. The van der Waals surface area contributed by atoms with Crippen molar-refractivity contribution >= 4 is 33.6 Å². The van der Waals surface area contributed by atoms with Crippen molar-refractivity contribution in [3.05, 3.63) is 69.5 Å². The summed E-state index contributed by atoms with van der Waals surface area (Å²) in [5.41, 5.74) is 2.09. The van der Waals surface area contributed by atoms with E-state index in [9.17, 15) is 14.9 Å². The number of para-hydroxylation sites is 1. The van der Waals surface area contributed by atoms with Crippen LogP contribution >= 0.6 is 11.3 Å². The Balaban J connectivity index is 1.66. The van der Waals surface area contributed by atoms with Gasteiger partial charge in [0.2, 0.25) is 4.96 Å². The number of benzene rings is 2. The molecule has 0 fully saturated rings. The number of aromatic nitrogens is 4. The number of amides is 1. The Hall–Kier alpha value is -3.66. The molecule has 4 rings (SSSR count). The highest BCUT2D eigenvalue weighted by Gasteiger charge is 2.17. The first-order valence-corrected chi connectivity index (χ1v) is 9.10. The molecule has 0 aliphatic carbocycles. The molecule has 0 bridgehead atoms. The Labute approximate surface area is 162 Å². The Kier molecular flexibility index (Phi) is 4.32. The van der Waals surface area contributed by atoms with E-state index in [0.29, 0.717) is 32.6 Å². The molecule has 28 heavy (non-hydrogen) atoms. The fourth-order valence-electron chi connectivity index (χ4n) is 2.80. The molecule has 1 amide bonds. The van der Waals surface area contributed by atoms with Gasteiger partial charge in [-0.05, 0) is 38.1 Å². The Morgan fingerprint density at radius 2 is 1.96 bits per heavy atom. The van der Waals surface area contributed by atoms with Crippen LogP contribution < -0.4 is 5.32 Å². The van der Waals surface area contributed by atoms with E-state index >= 15 is 0 Å².